The number of hydrogen-bond acceptors (Lipinski definition) is 6. The molecular weight excluding hydrogens is 793 g/mol. The van der Waals surface area contributed by atoms with E-state index in [9.17, 15) is 0 Å². The molecule has 6 aromatic heterocycles. The van der Waals surface area contributed by atoms with Gasteiger partial charge < -0.3 is 0 Å². The smallest absolute Gasteiger partial charge is 0.0972 e. The van der Waals surface area contributed by atoms with Gasteiger partial charge in [-0.1, -0.05) is 133 Å². The second-order valence-corrected chi connectivity index (χ2v) is 16.7. The summed E-state index contributed by atoms with van der Waals surface area (Å²) in [4.78, 5) is 29.5. The average molecular weight is 829 g/mol. The van der Waals surface area contributed by atoms with Crippen LogP contribution in [-0.2, 0) is 5.41 Å². The Kier molecular flexibility index (Phi) is 8.33. The van der Waals surface area contributed by atoms with Gasteiger partial charge in [0.15, 0.2) is 0 Å². The highest BCUT2D eigenvalue weighted by Gasteiger charge is 2.46. The summed E-state index contributed by atoms with van der Waals surface area (Å²) in [6, 6.07) is 69.0. The fraction of sp³-hybridized carbons (Fsp3) is 0.0169. The summed E-state index contributed by atoms with van der Waals surface area (Å²) < 4.78 is 0. The maximum absolute atomic E-state index is 5.23. The second kappa shape index (κ2) is 14.7. The molecule has 0 fully saturated rings. The molecule has 0 radical (unpaired) electrons. The Morgan fingerprint density at radius 1 is 0.277 bits per heavy atom. The lowest BCUT2D eigenvalue weighted by Gasteiger charge is -2.34. The first-order chi connectivity index (χ1) is 32.2. The molecule has 0 bridgehead atoms. The molecule has 0 amide bonds. The third kappa shape index (κ3) is 5.88. The molecule has 6 nitrogen and oxygen atoms in total. The SMILES string of the molecule is c1ccc(-c2ccc3c(c2)C(c2ccc(-c4ccc5ccc6cccnc6c5n4)cc2)(c2ccc(-c4ccc5ccc6cccnc6c5n4)cc2)c2cc(-c4ccccn4)ccc2-3)nc1. The van der Waals surface area contributed by atoms with Gasteiger partial charge >= 0.3 is 0 Å². The zero-order valence-electron chi connectivity index (χ0n) is 35.0. The highest BCUT2D eigenvalue weighted by atomic mass is 14.8. The molecule has 1 aliphatic carbocycles. The molecule has 6 heterocycles. The van der Waals surface area contributed by atoms with Crippen LogP contribution in [0.1, 0.15) is 22.3 Å². The topological polar surface area (TPSA) is 77.3 Å². The van der Waals surface area contributed by atoms with Crippen LogP contribution in [0.25, 0.3) is 99.8 Å². The van der Waals surface area contributed by atoms with Crippen LogP contribution in [-0.4, -0.2) is 29.9 Å². The molecule has 0 spiro atoms. The van der Waals surface area contributed by atoms with Gasteiger partial charge in [-0.15, -0.1) is 0 Å². The summed E-state index contributed by atoms with van der Waals surface area (Å²) in [5.74, 6) is 0. The maximum atomic E-state index is 5.23. The predicted molar refractivity (Wildman–Crippen MR) is 262 cm³/mol. The lowest BCUT2D eigenvalue weighted by molar-refractivity contribution is 0.769. The largest absolute Gasteiger partial charge is 0.256 e. The van der Waals surface area contributed by atoms with E-state index in [1.807, 2.05) is 61.2 Å². The number of benzene rings is 6. The molecule has 0 saturated heterocycles. The van der Waals surface area contributed by atoms with Gasteiger partial charge in [0.25, 0.3) is 0 Å². The minimum absolute atomic E-state index is 0.731. The van der Waals surface area contributed by atoms with Gasteiger partial charge in [-0.25, -0.2) is 9.97 Å². The fourth-order valence-corrected chi connectivity index (χ4v) is 10.0. The molecule has 12 aromatic rings. The van der Waals surface area contributed by atoms with Crippen LogP contribution in [0.2, 0.25) is 0 Å². The van der Waals surface area contributed by atoms with E-state index in [0.717, 1.165) is 99.8 Å². The summed E-state index contributed by atoms with van der Waals surface area (Å²) in [7, 11) is 0. The number of aromatic nitrogens is 6. The summed E-state index contributed by atoms with van der Waals surface area (Å²) in [5.41, 5.74) is 17.7. The third-order valence-corrected chi connectivity index (χ3v) is 13.2. The van der Waals surface area contributed by atoms with Gasteiger partial charge in [0.05, 0.1) is 50.3 Å². The molecule has 0 unspecified atom stereocenters. The van der Waals surface area contributed by atoms with Crippen molar-refractivity contribution in [2.45, 2.75) is 5.41 Å². The summed E-state index contributed by atoms with van der Waals surface area (Å²) in [6.07, 6.45) is 7.40. The van der Waals surface area contributed by atoms with E-state index in [-0.39, 0.29) is 0 Å². The van der Waals surface area contributed by atoms with Crippen LogP contribution in [0.15, 0.2) is 219 Å². The summed E-state index contributed by atoms with van der Waals surface area (Å²) in [6.45, 7) is 0. The molecule has 6 aromatic carbocycles. The van der Waals surface area contributed by atoms with E-state index in [2.05, 4.69) is 158 Å². The Morgan fingerprint density at radius 2 is 0.677 bits per heavy atom. The lowest BCUT2D eigenvalue weighted by Crippen LogP contribution is -2.28. The Morgan fingerprint density at radius 3 is 1.11 bits per heavy atom. The third-order valence-electron chi connectivity index (χ3n) is 13.2. The van der Waals surface area contributed by atoms with Crippen LogP contribution in [0.5, 0.6) is 0 Å². The van der Waals surface area contributed by atoms with Crippen LogP contribution in [0.3, 0.4) is 0 Å². The van der Waals surface area contributed by atoms with Gasteiger partial charge in [0.1, 0.15) is 0 Å². The highest BCUT2D eigenvalue weighted by Crippen LogP contribution is 2.57. The number of nitrogens with zero attached hydrogens (tertiary/aromatic N) is 6. The monoisotopic (exact) mass is 828 g/mol. The minimum atomic E-state index is -0.731. The van der Waals surface area contributed by atoms with Gasteiger partial charge in [0.2, 0.25) is 0 Å². The summed E-state index contributed by atoms with van der Waals surface area (Å²) in [5, 5.41) is 4.27. The maximum Gasteiger partial charge on any atom is 0.0972 e. The van der Waals surface area contributed by atoms with Crippen LogP contribution in [0.4, 0.5) is 0 Å². The molecule has 1 aliphatic rings. The van der Waals surface area contributed by atoms with Gasteiger partial charge in [0, 0.05) is 68.6 Å². The van der Waals surface area contributed by atoms with Crippen molar-refractivity contribution in [2.75, 3.05) is 0 Å². The standard InChI is InChI=1S/C59H36N6/c1-3-31-60-51(9-1)43-19-27-47-48-28-20-44(52-10-2-4-32-61-52)36-50(48)59(49(47)35-43,45-23-15-37(16-24-45)53-29-21-41-13-11-39-7-5-33-62-55(39)57(41)64-53)46-25-17-38(18-26-46)54-30-22-42-14-12-40-8-6-34-63-56(40)58(42)65-54/h1-36H. The van der Waals surface area contributed by atoms with Crippen molar-refractivity contribution in [3.05, 3.63) is 241 Å². The Bertz CT molecular complexity index is 3560. The Hall–Kier alpha value is -8.74. The van der Waals surface area contributed by atoms with Gasteiger partial charge in [-0.3, -0.25) is 19.9 Å². The number of pyridine rings is 6. The Balaban J connectivity index is 1.03. The lowest BCUT2D eigenvalue weighted by atomic mass is 9.67. The zero-order chi connectivity index (χ0) is 42.9. The van der Waals surface area contributed by atoms with Crippen molar-refractivity contribution >= 4 is 43.6 Å². The molecule has 0 N–H and O–H groups in total. The van der Waals surface area contributed by atoms with Crippen LogP contribution >= 0.6 is 0 Å². The van der Waals surface area contributed by atoms with E-state index < -0.39 is 5.41 Å². The van der Waals surface area contributed by atoms with E-state index in [0.29, 0.717) is 0 Å². The normalized spacial score (nSPS) is 12.7. The molecule has 6 heteroatoms. The molecular formula is C59H36N6. The highest BCUT2D eigenvalue weighted by molar-refractivity contribution is 6.04. The molecule has 302 valence electrons. The molecule has 13 rings (SSSR count). The minimum Gasteiger partial charge on any atom is -0.256 e. The predicted octanol–water partition coefficient (Wildman–Crippen LogP) is 13.7. The van der Waals surface area contributed by atoms with E-state index in [4.69, 9.17) is 29.9 Å². The van der Waals surface area contributed by atoms with Crippen LogP contribution < -0.4 is 0 Å². The van der Waals surface area contributed by atoms with Crippen molar-refractivity contribution < 1.29 is 0 Å². The number of hydrogen-bond donors (Lipinski definition) is 0. The first kappa shape index (κ1) is 36.9. The number of rotatable bonds is 6. The molecule has 0 aliphatic heterocycles. The van der Waals surface area contributed by atoms with Gasteiger partial charge in [-0.05, 0) is 94.0 Å². The van der Waals surface area contributed by atoms with Crippen molar-refractivity contribution in [2.24, 2.45) is 0 Å². The average Bonchev–Trinajstić information content (AvgIpc) is 3.68. The first-order valence-corrected chi connectivity index (χ1v) is 21.8. The first-order valence-electron chi connectivity index (χ1n) is 21.8. The van der Waals surface area contributed by atoms with Crippen molar-refractivity contribution in [1.29, 1.82) is 0 Å². The second-order valence-electron chi connectivity index (χ2n) is 16.7. The zero-order valence-corrected chi connectivity index (χ0v) is 35.0. The van der Waals surface area contributed by atoms with Crippen molar-refractivity contribution in [3.63, 3.8) is 0 Å². The van der Waals surface area contributed by atoms with Crippen molar-refractivity contribution in [1.82, 2.24) is 29.9 Å². The Labute approximate surface area is 374 Å². The van der Waals surface area contributed by atoms with E-state index in [1.54, 1.807) is 0 Å². The van der Waals surface area contributed by atoms with E-state index >= 15 is 0 Å². The summed E-state index contributed by atoms with van der Waals surface area (Å²) >= 11 is 0. The number of fused-ring (bicyclic) bond motifs is 9. The molecule has 0 saturated carbocycles. The molecule has 0 atom stereocenters. The van der Waals surface area contributed by atoms with E-state index in [1.165, 1.54) is 22.3 Å². The van der Waals surface area contributed by atoms with Gasteiger partial charge in [-0.2, -0.15) is 0 Å². The van der Waals surface area contributed by atoms with Crippen molar-refractivity contribution in [3.8, 4) is 56.2 Å². The van der Waals surface area contributed by atoms with Crippen LogP contribution in [0, 0.1) is 0 Å². The molecule has 65 heavy (non-hydrogen) atoms. The fourth-order valence-electron chi connectivity index (χ4n) is 10.0. The quantitative estimate of drug-likeness (QED) is 0.155.